The van der Waals surface area contributed by atoms with E-state index >= 15 is 0 Å². The molecule has 0 spiro atoms. The van der Waals surface area contributed by atoms with Crippen molar-refractivity contribution in [1.82, 2.24) is 10.2 Å². The van der Waals surface area contributed by atoms with Crippen LogP contribution in [-0.4, -0.2) is 50.2 Å². The fourth-order valence-corrected chi connectivity index (χ4v) is 1.95. The largest absolute Gasteiger partial charge is 0.365 e. The third-order valence-electron chi connectivity index (χ3n) is 2.94. The molecule has 0 aromatic carbocycles. The Morgan fingerprint density at radius 3 is 2.87 bits per heavy atom. The number of carbonyl (C=O) groups is 1. The van der Waals surface area contributed by atoms with Crippen molar-refractivity contribution in [3.8, 4) is 0 Å². The van der Waals surface area contributed by atoms with Gasteiger partial charge in [-0.15, -0.1) is 0 Å². The second kappa shape index (κ2) is 5.47. The zero-order valence-electron chi connectivity index (χ0n) is 10.0. The van der Waals surface area contributed by atoms with Gasteiger partial charge in [-0.2, -0.15) is 0 Å². The summed E-state index contributed by atoms with van der Waals surface area (Å²) in [5.41, 5.74) is -0.561. The van der Waals surface area contributed by atoms with Crippen molar-refractivity contribution in [2.75, 3.05) is 33.8 Å². The number of nitrogens with zero attached hydrogens (tertiary/aromatic N) is 1. The molecular weight excluding hydrogens is 192 g/mol. The lowest BCUT2D eigenvalue weighted by atomic mass is 10.0. The highest BCUT2D eigenvalue weighted by Gasteiger charge is 2.39. The SMILES string of the molecule is CNCCCN(C)C(=O)C1(C)CCCO1. The number of ether oxygens (including phenoxy) is 1. The molecule has 0 aliphatic carbocycles. The van der Waals surface area contributed by atoms with Crippen molar-refractivity contribution in [2.24, 2.45) is 0 Å². The standard InChI is InChI=1S/C11H22N2O2/c1-11(6-4-9-15-11)10(14)13(3)8-5-7-12-2/h12H,4-9H2,1-3H3. The third-order valence-corrected chi connectivity index (χ3v) is 2.94. The predicted molar refractivity (Wildman–Crippen MR) is 59.8 cm³/mol. The smallest absolute Gasteiger partial charge is 0.254 e. The van der Waals surface area contributed by atoms with Crippen LogP contribution in [0.1, 0.15) is 26.2 Å². The van der Waals surface area contributed by atoms with Crippen LogP contribution in [0, 0.1) is 0 Å². The summed E-state index contributed by atoms with van der Waals surface area (Å²) >= 11 is 0. The molecule has 4 heteroatoms. The average Bonchev–Trinajstić information content (AvgIpc) is 2.65. The Hall–Kier alpha value is -0.610. The van der Waals surface area contributed by atoms with Gasteiger partial charge in [0, 0.05) is 20.2 Å². The van der Waals surface area contributed by atoms with E-state index in [1.165, 1.54) is 0 Å². The minimum Gasteiger partial charge on any atom is -0.365 e. The molecule has 0 aromatic rings. The number of hydrogen-bond donors (Lipinski definition) is 1. The van der Waals surface area contributed by atoms with Gasteiger partial charge in [-0.05, 0) is 39.8 Å². The summed E-state index contributed by atoms with van der Waals surface area (Å²) in [7, 11) is 3.77. The quantitative estimate of drug-likeness (QED) is 0.682. The van der Waals surface area contributed by atoms with Crippen molar-refractivity contribution in [2.45, 2.75) is 31.8 Å². The summed E-state index contributed by atoms with van der Waals surface area (Å²) in [5.74, 6) is 0.121. The predicted octanol–water partition coefficient (Wildman–Crippen LogP) is 0.623. The Kier molecular flexibility index (Phi) is 4.54. The van der Waals surface area contributed by atoms with Crippen LogP contribution >= 0.6 is 0 Å². The highest BCUT2D eigenvalue weighted by Crippen LogP contribution is 2.26. The molecule has 4 nitrogen and oxygen atoms in total. The first kappa shape index (κ1) is 12.5. The monoisotopic (exact) mass is 214 g/mol. The molecule has 1 saturated heterocycles. The number of carbonyl (C=O) groups excluding carboxylic acids is 1. The van der Waals surface area contributed by atoms with E-state index in [0.717, 1.165) is 32.4 Å². The van der Waals surface area contributed by atoms with Gasteiger partial charge in [-0.1, -0.05) is 0 Å². The Labute approximate surface area is 92.0 Å². The van der Waals surface area contributed by atoms with E-state index in [0.29, 0.717) is 6.61 Å². The molecule has 1 fully saturated rings. The molecular formula is C11H22N2O2. The lowest BCUT2D eigenvalue weighted by molar-refractivity contribution is -0.149. The first-order valence-corrected chi connectivity index (χ1v) is 5.64. The summed E-state index contributed by atoms with van der Waals surface area (Å²) in [6.45, 7) is 4.34. The van der Waals surface area contributed by atoms with Crippen LogP contribution in [0.4, 0.5) is 0 Å². The minimum atomic E-state index is -0.561. The first-order chi connectivity index (χ1) is 7.10. The molecule has 0 saturated carbocycles. The van der Waals surface area contributed by atoms with Gasteiger partial charge in [0.15, 0.2) is 0 Å². The van der Waals surface area contributed by atoms with Crippen LogP contribution in [-0.2, 0) is 9.53 Å². The summed E-state index contributed by atoms with van der Waals surface area (Å²) < 4.78 is 5.52. The molecule has 0 bridgehead atoms. The lowest BCUT2D eigenvalue weighted by Gasteiger charge is -2.28. The Morgan fingerprint density at radius 2 is 2.33 bits per heavy atom. The molecule has 0 radical (unpaired) electrons. The topological polar surface area (TPSA) is 41.6 Å². The van der Waals surface area contributed by atoms with Gasteiger partial charge in [0.05, 0.1) is 0 Å². The van der Waals surface area contributed by atoms with Gasteiger partial charge in [0.1, 0.15) is 5.60 Å². The van der Waals surface area contributed by atoms with E-state index in [-0.39, 0.29) is 5.91 Å². The highest BCUT2D eigenvalue weighted by molar-refractivity contribution is 5.84. The van der Waals surface area contributed by atoms with Crippen LogP contribution in [0.2, 0.25) is 0 Å². The summed E-state index contributed by atoms with van der Waals surface area (Å²) in [6, 6.07) is 0. The minimum absolute atomic E-state index is 0.121. The molecule has 1 unspecified atom stereocenters. The number of nitrogens with one attached hydrogen (secondary N) is 1. The van der Waals surface area contributed by atoms with Gasteiger partial charge in [-0.25, -0.2) is 0 Å². The fraction of sp³-hybridized carbons (Fsp3) is 0.909. The maximum absolute atomic E-state index is 12.0. The summed E-state index contributed by atoms with van der Waals surface area (Å²) in [5, 5.41) is 3.07. The van der Waals surface area contributed by atoms with E-state index in [1.54, 1.807) is 4.90 Å². The van der Waals surface area contributed by atoms with E-state index < -0.39 is 5.60 Å². The van der Waals surface area contributed by atoms with E-state index in [4.69, 9.17) is 4.74 Å². The van der Waals surface area contributed by atoms with Crippen molar-refractivity contribution in [3.05, 3.63) is 0 Å². The zero-order valence-corrected chi connectivity index (χ0v) is 10.0. The van der Waals surface area contributed by atoms with Crippen molar-refractivity contribution in [1.29, 1.82) is 0 Å². The van der Waals surface area contributed by atoms with Crippen molar-refractivity contribution >= 4 is 5.91 Å². The molecule has 0 aromatic heterocycles. The van der Waals surface area contributed by atoms with Crippen LogP contribution in [0.15, 0.2) is 0 Å². The molecule has 1 N–H and O–H groups in total. The average molecular weight is 214 g/mol. The van der Waals surface area contributed by atoms with E-state index in [2.05, 4.69) is 5.32 Å². The van der Waals surface area contributed by atoms with Gasteiger partial charge in [0.25, 0.3) is 5.91 Å². The molecule has 1 atom stereocenters. The molecule has 1 amide bonds. The second-order valence-electron chi connectivity index (χ2n) is 4.37. The molecule has 1 aliphatic rings. The maximum atomic E-state index is 12.0. The number of likely N-dealkylation sites (N-methyl/N-ethyl adjacent to an activating group) is 1. The first-order valence-electron chi connectivity index (χ1n) is 5.64. The van der Waals surface area contributed by atoms with Crippen LogP contribution in [0.5, 0.6) is 0 Å². The van der Waals surface area contributed by atoms with E-state index in [9.17, 15) is 4.79 Å². The van der Waals surface area contributed by atoms with Crippen molar-refractivity contribution < 1.29 is 9.53 Å². The summed E-state index contributed by atoms with van der Waals surface area (Å²) in [6.07, 6.45) is 2.82. The van der Waals surface area contributed by atoms with Crippen LogP contribution in [0.3, 0.4) is 0 Å². The molecule has 15 heavy (non-hydrogen) atoms. The molecule has 1 rings (SSSR count). The third kappa shape index (κ3) is 3.18. The Balaban J connectivity index is 2.38. The van der Waals surface area contributed by atoms with Gasteiger partial charge in [-0.3, -0.25) is 4.79 Å². The van der Waals surface area contributed by atoms with Gasteiger partial charge in [0.2, 0.25) is 0 Å². The summed E-state index contributed by atoms with van der Waals surface area (Å²) in [4.78, 5) is 13.8. The van der Waals surface area contributed by atoms with Gasteiger partial charge >= 0.3 is 0 Å². The Morgan fingerprint density at radius 1 is 1.60 bits per heavy atom. The van der Waals surface area contributed by atoms with Crippen LogP contribution in [0.25, 0.3) is 0 Å². The molecule has 88 valence electrons. The fourth-order valence-electron chi connectivity index (χ4n) is 1.95. The molecule has 1 aliphatic heterocycles. The van der Waals surface area contributed by atoms with Gasteiger partial charge < -0.3 is 15.0 Å². The lowest BCUT2D eigenvalue weighted by Crippen LogP contribution is -2.45. The molecule has 1 heterocycles. The highest BCUT2D eigenvalue weighted by atomic mass is 16.5. The second-order valence-corrected chi connectivity index (χ2v) is 4.37. The Bertz CT molecular complexity index is 213. The van der Waals surface area contributed by atoms with Crippen molar-refractivity contribution in [3.63, 3.8) is 0 Å². The maximum Gasteiger partial charge on any atom is 0.254 e. The van der Waals surface area contributed by atoms with E-state index in [1.807, 2.05) is 21.0 Å². The number of amides is 1. The normalized spacial score (nSPS) is 25.5. The zero-order chi connectivity index (χ0) is 11.3. The number of hydrogen-bond acceptors (Lipinski definition) is 3. The number of rotatable bonds is 5. The van der Waals surface area contributed by atoms with Crippen LogP contribution < -0.4 is 5.32 Å².